The van der Waals surface area contributed by atoms with Crippen LogP contribution in [0.1, 0.15) is 5.56 Å². The predicted octanol–water partition coefficient (Wildman–Crippen LogP) is 4.76. The Hall–Kier alpha value is -2.83. The molecule has 0 aliphatic rings. The van der Waals surface area contributed by atoms with E-state index in [1.807, 2.05) is 41.9 Å². The number of imidazole rings is 1. The number of anilines is 1. The molecule has 0 atom stereocenters. The van der Waals surface area contributed by atoms with Crippen molar-refractivity contribution in [1.82, 2.24) is 9.38 Å². The summed E-state index contributed by atoms with van der Waals surface area (Å²) < 4.78 is 29.9. The van der Waals surface area contributed by atoms with Gasteiger partial charge >= 0.3 is 0 Å². The number of hydrogen-bond donors (Lipinski definition) is 1. The average molecular weight is 398 g/mol. The first-order valence-electron chi connectivity index (χ1n) is 8.25. The minimum Gasteiger partial charge on any atom is -0.306 e. The van der Waals surface area contributed by atoms with Crippen LogP contribution in [-0.2, 0) is 10.0 Å². The molecule has 0 bridgehead atoms. The second-order valence-corrected chi connectivity index (χ2v) is 8.31. The number of benzene rings is 2. The van der Waals surface area contributed by atoms with Gasteiger partial charge in [-0.05, 0) is 55.0 Å². The molecule has 1 N–H and O–H groups in total. The van der Waals surface area contributed by atoms with Crippen LogP contribution in [0.5, 0.6) is 0 Å². The monoisotopic (exact) mass is 397 g/mol. The first-order valence-corrected chi connectivity index (χ1v) is 10.1. The number of hydrogen-bond acceptors (Lipinski definition) is 3. The highest BCUT2D eigenvalue weighted by Crippen LogP contribution is 2.25. The maximum absolute atomic E-state index is 12.7. The van der Waals surface area contributed by atoms with E-state index in [9.17, 15) is 8.42 Å². The summed E-state index contributed by atoms with van der Waals surface area (Å²) in [6, 6.07) is 17.2. The van der Waals surface area contributed by atoms with Crippen molar-refractivity contribution in [3.63, 3.8) is 0 Å². The van der Waals surface area contributed by atoms with E-state index in [2.05, 4.69) is 9.71 Å². The van der Waals surface area contributed by atoms with Crippen LogP contribution in [0.4, 0.5) is 5.69 Å². The van der Waals surface area contributed by atoms with Crippen LogP contribution in [0.15, 0.2) is 78.0 Å². The molecule has 5 nitrogen and oxygen atoms in total. The highest BCUT2D eigenvalue weighted by atomic mass is 35.5. The van der Waals surface area contributed by atoms with Gasteiger partial charge in [-0.1, -0.05) is 29.8 Å². The quantitative estimate of drug-likeness (QED) is 0.539. The van der Waals surface area contributed by atoms with Gasteiger partial charge in [-0.15, -0.1) is 0 Å². The Morgan fingerprint density at radius 3 is 2.56 bits per heavy atom. The number of nitrogens with zero attached hydrogens (tertiary/aromatic N) is 2. The summed E-state index contributed by atoms with van der Waals surface area (Å²) in [6.07, 6.45) is 3.81. The summed E-state index contributed by atoms with van der Waals surface area (Å²) in [6.45, 7) is 1.99. The molecule has 0 unspecified atom stereocenters. The van der Waals surface area contributed by atoms with E-state index in [-0.39, 0.29) is 4.90 Å². The fraction of sp³-hybridized carbons (Fsp3) is 0.0500. The number of fused-ring (bicyclic) bond motifs is 1. The SMILES string of the molecule is Cc1cccn2cc(-c3cccc(S(=O)(=O)Nc4ccc(Cl)cc4)c3)nc12. The molecule has 2 aromatic heterocycles. The Bertz CT molecular complexity index is 1230. The van der Waals surface area contributed by atoms with Gasteiger partial charge in [-0.25, -0.2) is 13.4 Å². The summed E-state index contributed by atoms with van der Waals surface area (Å²) >= 11 is 5.85. The van der Waals surface area contributed by atoms with Gasteiger partial charge in [0.25, 0.3) is 10.0 Å². The number of aryl methyl sites for hydroxylation is 1. The largest absolute Gasteiger partial charge is 0.306 e. The molecule has 0 radical (unpaired) electrons. The third-order valence-electron chi connectivity index (χ3n) is 4.21. The molecule has 0 saturated carbocycles. The Kier molecular flexibility index (Phi) is 4.37. The first kappa shape index (κ1) is 17.6. The zero-order valence-electron chi connectivity index (χ0n) is 14.4. The van der Waals surface area contributed by atoms with E-state index in [1.54, 1.807) is 42.5 Å². The number of aromatic nitrogens is 2. The Morgan fingerprint density at radius 2 is 1.81 bits per heavy atom. The molecule has 0 saturated heterocycles. The molecule has 2 heterocycles. The average Bonchev–Trinajstić information content (AvgIpc) is 3.09. The second kappa shape index (κ2) is 6.72. The Morgan fingerprint density at radius 1 is 1.04 bits per heavy atom. The van der Waals surface area contributed by atoms with Crippen LogP contribution in [-0.4, -0.2) is 17.8 Å². The minimum absolute atomic E-state index is 0.170. The molecule has 4 aromatic rings. The lowest BCUT2D eigenvalue weighted by atomic mass is 10.2. The van der Waals surface area contributed by atoms with Crippen molar-refractivity contribution in [2.45, 2.75) is 11.8 Å². The molecule has 0 fully saturated rings. The lowest BCUT2D eigenvalue weighted by molar-refractivity contribution is 0.601. The van der Waals surface area contributed by atoms with Crippen molar-refractivity contribution >= 4 is 33.0 Å². The van der Waals surface area contributed by atoms with E-state index in [0.29, 0.717) is 16.4 Å². The predicted molar refractivity (Wildman–Crippen MR) is 108 cm³/mol. The molecule has 136 valence electrons. The van der Waals surface area contributed by atoms with Gasteiger partial charge in [-0.2, -0.15) is 0 Å². The Balaban J connectivity index is 1.70. The molecule has 0 amide bonds. The van der Waals surface area contributed by atoms with E-state index < -0.39 is 10.0 Å². The molecule has 0 spiro atoms. The molecule has 7 heteroatoms. The van der Waals surface area contributed by atoms with Gasteiger partial charge in [0.2, 0.25) is 0 Å². The lowest BCUT2D eigenvalue weighted by Gasteiger charge is -2.09. The second-order valence-electron chi connectivity index (χ2n) is 6.19. The van der Waals surface area contributed by atoms with Crippen LogP contribution in [0.25, 0.3) is 16.9 Å². The highest BCUT2D eigenvalue weighted by Gasteiger charge is 2.16. The van der Waals surface area contributed by atoms with Gasteiger partial charge in [0.05, 0.1) is 10.6 Å². The summed E-state index contributed by atoms with van der Waals surface area (Å²) in [5.41, 5.74) is 3.80. The van der Waals surface area contributed by atoms with Crippen molar-refractivity contribution in [1.29, 1.82) is 0 Å². The molecular formula is C20H16ClN3O2S. The van der Waals surface area contributed by atoms with Gasteiger partial charge in [0.1, 0.15) is 5.65 Å². The van der Waals surface area contributed by atoms with E-state index in [4.69, 9.17) is 11.6 Å². The lowest BCUT2D eigenvalue weighted by Crippen LogP contribution is -2.12. The van der Waals surface area contributed by atoms with Crippen molar-refractivity contribution in [3.8, 4) is 11.3 Å². The van der Waals surface area contributed by atoms with Crippen molar-refractivity contribution in [2.75, 3.05) is 4.72 Å². The van der Waals surface area contributed by atoms with Crippen LogP contribution < -0.4 is 4.72 Å². The molecular weight excluding hydrogens is 382 g/mol. The van der Waals surface area contributed by atoms with Gasteiger partial charge in [0.15, 0.2) is 0 Å². The van der Waals surface area contributed by atoms with Gasteiger partial charge in [0, 0.05) is 28.7 Å². The summed E-state index contributed by atoms with van der Waals surface area (Å²) in [5, 5.41) is 0.544. The van der Waals surface area contributed by atoms with Crippen LogP contribution >= 0.6 is 11.6 Å². The number of pyridine rings is 1. The van der Waals surface area contributed by atoms with E-state index in [1.165, 1.54) is 0 Å². The summed E-state index contributed by atoms with van der Waals surface area (Å²) in [5.74, 6) is 0. The minimum atomic E-state index is -3.72. The third kappa shape index (κ3) is 3.54. The maximum atomic E-state index is 12.7. The normalized spacial score (nSPS) is 11.6. The van der Waals surface area contributed by atoms with Gasteiger partial charge < -0.3 is 4.40 Å². The zero-order valence-corrected chi connectivity index (χ0v) is 16.0. The van der Waals surface area contributed by atoms with Crippen LogP contribution in [0.2, 0.25) is 5.02 Å². The van der Waals surface area contributed by atoms with E-state index >= 15 is 0 Å². The number of sulfonamides is 1. The fourth-order valence-corrected chi connectivity index (χ4v) is 4.08. The summed E-state index contributed by atoms with van der Waals surface area (Å²) in [7, 11) is -3.72. The Labute approximate surface area is 162 Å². The zero-order chi connectivity index (χ0) is 19.0. The topological polar surface area (TPSA) is 63.5 Å². The molecule has 2 aromatic carbocycles. The smallest absolute Gasteiger partial charge is 0.261 e. The summed E-state index contributed by atoms with van der Waals surface area (Å²) in [4.78, 5) is 4.80. The van der Waals surface area contributed by atoms with Crippen LogP contribution in [0.3, 0.4) is 0 Å². The molecule has 4 rings (SSSR count). The highest BCUT2D eigenvalue weighted by molar-refractivity contribution is 7.92. The molecule has 0 aliphatic heterocycles. The maximum Gasteiger partial charge on any atom is 0.261 e. The van der Waals surface area contributed by atoms with Gasteiger partial charge in [-0.3, -0.25) is 4.72 Å². The molecule has 27 heavy (non-hydrogen) atoms. The third-order valence-corrected chi connectivity index (χ3v) is 5.85. The van der Waals surface area contributed by atoms with Crippen LogP contribution in [0, 0.1) is 6.92 Å². The number of rotatable bonds is 4. The van der Waals surface area contributed by atoms with Crippen molar-refractivity contribution < 1.29 is 8.42 Å². The number of nitrogens with one attached hydrogen (secondary N) is 1. The van der Waals surface area contributed by atoms with Crippen molar-refractivity contribution in [2.24, 2.45) is 0 Å². The first-order chi connectivity index (χ1) is 12.9. The van der Waals surface area contributed by atoms with E-state index in [0.717, 1.165) is 16.8 Å². The standard InChI is InChI=1S/C20H16ClN3O2S/c1-14-4-3-11-24-13-19(22-20(14)24)15-5-2-6-18(12-15)27(25,26)23-17-9-7-16(21)8-10-17/h2-13,23H,1H3. The molecule has 0 aliphatic carbocycles. The number of halogens is 1. The fourth-order valence-electron chi connectivity index (χ4n) is 2.85. The van der Waals surface area contributed by atoms with Crippen molar-refractivity contribution in [3.05, 3.63) is 83.6 Å².